The number of para-hydroxylation sites is 1. The molecule has 0 radical (unpaired) electrons. The van der Waals surface area contributed by atoms with E-state index in [1.165, 1.54) is 11.6 Å². The molecule has 2 aromatic rings. The molecule has 1 nitrogen and oxygen atoms in total. The number of hydrogen-bond donors (Lipinski definition) is 1. The maximum atomic E-state index is 13.8. The standard InChI is InChI=1S/C18H22FN/c1-18(2,3)13-17(14-9-5-4-6-10-14)20-16-12-8-7-11-15(16)19/h4-12,17,20H,13H2,1-3H3. The lowest BCUT2D eigenvalue weighted by Gasteiger charge is -2.28. The SMILES string of the molecule is CC(C)(C)CC(Nc1ccccc1F)c1ccccc1. The monoisotopic (exact) mass is 271 g/mol. The van der Waals surface area contributed by atoms with Crippen LogP contribution in [0.15, 0.2) is 54.6 Å². The van der Waals surface area contributed by atoms with Gasteiger partial charge in [-0.3, -0.25) is 0 Å². The molecule has 2 rings (SSSR count). The Hall–Kier alpha value is -1.83. The average Bonchev–Trinajstić information content (AvgIpc) is 2.40. The van der Waals surface area contributed by atoms with Gasteiger partial charge in [0, 0.05) is 0 Å². The summed E-state index contributed by atoms with van der Waals surface area (Å²) in [7, 11) is 0. The van der Waals surface area contributed by atoms with Crippen LogP contribution < -0.4 is 5.32 Å². The Balaban J connectivity index is 2.26. The van der Waals surface area contributed by atoms with Crippen molar-refractivity contribution in [2.24, 2.45) is 5.41 Å². The van der Waals surface area contributed by atoms with Gasteiger partial charge in [0.05, 0.1) is 11.7 Å². The zero-order valence-corrected chi connectivity index (χ0v) is 12.4. The lowest BCUT2D eigenvalue weighted by atomic mass is 9.85. The Morgan fingerprint density at radius 3 is 2.15 bits per heavy atom. The third-order valence-electron chi connectivity index (χ3n) is 3.22. The number of anilines is 1. The molecular formula is C18H22FN. The molecule has 0 saturated carbocycles. The van der Waals surface area contributed by atoms with Gasteiger partial charge >= 0.3 is 0 Å². The highest BCUT2D eigenvalue weighted by Crippen LogP contribution is 2.32. The smallest absolute Gasteiger partial charge is 0.146 e. The summed E-state index contributed by atoms with van der Waals surface area (Å²) in [5, 5.41) is 3.35. The zero-order valence-electron chi connectivity index (χ0n) is 12.4. The summed E-state index contributed by atoms with van der Waals surface area (Å²) in [4.78, 5) is 0. The Morgan fingerprint density at radius 1 is 0.950 bits per heavy atom. The van der Waals surface area contributed by atoms with Crippen LogP contribution in [0.25, 0.3) is 0 Å². The largest absolute Gasteiger partial charge is 0.376 e. The summed E-state index contributed by atoms with van der Waals surface area (Å²) in [5.41, 5.74) is 1.91. The zero-order chi connectivity index (χ0) is 14.6. The predicted octanol–water partition coefficient (Wildman–Crippen LogP) is 5.42. The van der Waals surface area contributed by atoms with Gasteiger partial charge in [-0.1, -0.05) is 63.2 Å². The normalized spacial score (nSPS) is 13.0. The molecule has 0 aliphatic carbocycles. The van der Waals surface area contributed by atoms with E-state index in [0.717, 1.165) is 6.42 Å². The molecule has 106 valence electrons. The third-order valence-corrected chi connectivity index (χ3v) is 3.22. The van der Waals surface area contributed by atoms with Crippen LogP contribution in [0.4, 0.5) is 10.1 Å². The van der Waals surface area contributed by atoms with Crippen molar-refractivity contribution < 1.29 is 4.39 Å². The predicted molar refractivity (Wildman–Crippen MR) is 83.3 cm³/mol. The molecule has 0 heterocycles. The number of nitrogens with one attached hydrogen (secondary N) is 1. The number of halogens is 1. The van der Waals surface area contributed by atoms with E-state index in [1.54, 1.807) is 12.1 Å². The van der Waals surface area contributed by atoms with E-state index in [1.807, 2.05) is 24.3 Å². The van der Waals surface area contributed by atoms with Crippen LogP contribution in [0.1, 0.15) is 38.8 Å². The van der Waals surface area contributed by atoms with E-state index in [2.05, 4.69) is 38.2 Å². The van der Waals surface area contributed by atoms with E-state index in [9.17, 15) is 4.39 Å². The van der Waals surface area contributed by atoms with Crippen LogP contribution in [-0.4, -0.2) is 0 Å². The van der Waals surface area contributed by atoms with Crippen LogP contribution in [0, 0.1) is 11.2 Å². The minimum absolute atomic E-state index is 0.105. The van der Waals surface area contributed by atoms with Gasteiger partial charge in [0.25, 0.3) is 0 Å². The molecule has 0 bridgehead atoms. The average molecular weight is 271 g/mol. The van der Waals surface area contributed by atoms with Gasteiger partial charge in [-0.05, 0) is 29.5 Å². The molecule has 0 amide bonds. The van der Waals surface area contributed by atoms with Gasteiger partial charge in [0.2, 0.25) is 0 Å². The highest BCUT2D eigenvalue weighted by Gasteiger charge is 2.20. The second-order valence-electron chi connectivity index (χ2n) is 6.35. The molecule has 20 heavy (non-hydrogen) atoms. The van der Waals surface area contributed by atoms with E-state index in [-0.39, 0.29) is 17.3 Å². The second-order valence-corrected chi connectivity index (χ2v) is 6.35. The summed E-state index contributed by atoms with van der Waals surface area (Å²) in [6.07, 6.45) is 0.936. The molecule has 0 aliphatic rings. The van der Waals surface area contributed by atoms with Gasteiger partial charge in [-0.15, -0.1) is 0 Å². The molecule has 0 fully saturated rings. The topological polar surface area (TPSA) is 12.0 Å². The Morgan fingerprint density at radius 2 is 1.55 bits per heavy atom. The fourth-order valence-electron chi connectivity index (χ4n) is 2.32. The Labute approximate surface area is 120 Å². The molecule has 2 aromatic carbocycles. The first-order valence-corrected chi connectivity index (χ1v) is 7.02. The molecule has 2 heteroatoms. The number of benzene rings is 2. The van der Waals surface area contributed by atoms with Gasteiger partial charge in [-0.25, -0.2) is 4.39 Å². The fraction of sp³-hybridized carbons (Fsp3) is 0.333. The van der Waals surface area contributed by atoms with E-state index < -0.39 is 0 Å². The molecule has 0 saturated heterocycles. The molecule has 0 aliphatic heterocycles. The van der Waals surface area contributed by atoms with Gasteiger partial charge in [0.15, 0.2) is 0 Å². The lowest BCUT2D eigenvalue weighted by Crippen LogP contribution is -2.19. The van der Waals surface area contributed by atoms with Crippen molar-refractivity contribution in [3.8, 4) is 0 Å². The molecular weight excluding hydrogens is 249 g/mol. The number of rotatable bonds is 4. The first kappa shape index (κ1) is 14.6. The van der Waals surface area contributed by atoms with E-state index in [4.69, 9.17) is 0 Å². The maximum Gasteiger partial charge on any atom is 0.146 e. The van der Waals surface area contributed by atoms with Crippen molar-refractivity contribution in [2.45, 2.75) is 33.2 Å². The van der Waals surface area contributed by atoms with E-state index >= 15 is 0 Å². The second kappa shape index (κ2) is 6.08. The summed E-state index contributed by atoms with van der Waals surface area (Å²) in [5.74, 6) is -0.206. The summed E-state index contributed by atoms with van der Waals surface area (Å²) < 4.78 is 13.8. The molecule has 0 spiro atoms. The van der Waals surface area contributed by atoms with Crippen molar-refractivity contribution in [3.63, 3.8) is 0 Å². The minimum atomic E-state index is -0.206. The summed E-state index contributed by atoms with van der Waals surface area (Å²) >= 11 is 0. The van der Waals surface area contributed by atoms with Gasteiger partial charge in [0.1, 0.15) is 5.82 Å². The lowest BCUT2D eigenvalue weighted by molar-refractivity contribution is 0.352. The van der Waals surface area contributed by atoms with Crippen molar-refractivity contribution in [1.82, 2.24) is 0 Å². The van der Waals surface area contributed by atoms with Crippen LogP contribution in [0.3, 0.4) is 0 Å². The quantitative estimate of drug-likeness (QED) is 0.783. The van der Waals surface area contributed by atoms with Crippen molar-refractivity contribution in [2.75, 3.05) is 5.32 Å². The highest BCUT2D eigenvalue weighted by molar-refractivity contribution is 5.46. The van der Waals surface area contributed by atoms with Gasteiger partial charge in [-0.2, -0.15) is 0 Å². The first-order chi connectivity index (χ1) is 9.46. The van der Waals surface area contributed by atoms with Crippen LogP contribution in [0.2, 0.25) is 0 Å². The Bertz CT molecular complexity index is 543. The Kier molecular flexibility index (Phi) is 4.43. The minimum Gasteiger partial charge on any atom is -0.376 e. The molecule has 0 aromatic heterocycles. The van der Waals surface area contributed by atoms with Crippen LogP contribution in [0.5, 0.6) is 0 Å². The summed E-state index contributed by atoms with van der Waals surface area (Å²) in [6, 6.07) is 17.2. The van der Waals surface area contributed by atoms with Gasteiger partial charge < -0.3 is 5.32 Å². The van der Waals surface area contributed by atoms with Crippen molar-refractivity contribution in [3.05, 3.63) is 66.0 Å². The third kappa shape index (κ3) is 4.09. The molecule has 1 N–H and O–H groups in total. The van der Waals surface area contributed by atoms with E-state index in [0.29, 0.717) is 5.69 Å². The first-order valence-electron chi connectivity index (χ1n) is 7.02. The number of hydrogen-bond acceptors (Lipinski definition) is 1. The highest BCUT2D eigenvalue weighted by atomic mass is 19.1. The maximum absolute atomic E-state index is 13.8. The van der Waals surface area contributed by atoms with Crippen molar-refractivity contribution >= 4 is 5.69 Å². The molecule has 1 unspecified atom stereocenters. The summed E-state index contributed by atoms with van der Waals surface area (Å²) in [6.45, 7) is 6.60. The van der Waals surface area contributed by atoms with Crippen LogP contribution >= 0.6 is 0 Å². The van der Waals surface area contributed by atoms with Crippen LogP contribution in [-0.2, 0) is 0 Å². The fourth-order valence-corrected chi connectivity index (χ4v) is 2.32. The molecule has 1 atom stereocenters. The van der Waals surface area contributed by atoms with Crippen molar-refractivity contribution in [1.29, 1.82) is 0 Å².